The number of aromatic nitrogens is 2. The highest BCUT2D eigenvalue weighted by Crippen LogP contribution is 2.23. The molecular weight excluding hydrogens is 335 g/mol. The van der Waals surface area contributed by atoms with Crippen molar-refractivity contribution in [3.63, 3.8) is 0 Å². The first-order chi connectivity index (χ1) is 11.0. The van der Waals surface area contributed by atoms with E-state index in [2.05, 4.69) is 19.6 Å². The van der Waals surface area contributed by atoms with E-state index in [-0.39, 0.29) is 11.9 Å². The largest absolute Gasteiger partial charge is 0.350 e. The Morgan fingerprint density at radius 3 is 2.96 bits per heavy atom. The minimum Gasteiger partial charge on any atom is -0.350 e. The van der Waals surface area contributed by atoms with Crippen LogP contribution in [0.4, 0.5) is 4.39 Å². The van der Waals surface area contributed by atoms with Crippen LogP contribution >= 0.6 is 22.9 Å². The lowest BCUT2D eigenvalue weighted by Crippen LogP contribution is -2.40. The molecule has 0 unspecified atom stereocenters. The Morgan fingerprint density at radius 1 is 1.48 bits per heavy atom. The number of likely N-dealkylation sites (tertiary alicyclic amines) is 1. The molecule has 3 rings (SSSR count). The summed E-state index contributed by atoms with van der Waals surface area (Å²) >= 11 is 2.87. The minimum absolute atomic E-state index is 0.00265. The van der Waals surface area contributed by atoms with Gasteiger partial charge in [0.2, 0.25) is 0 Å². The summed E-state index contributed by atoms with van der Waals surface area (Å²) in [5.74, 6) is -0.136. The Bertz CT molecular complexity index is 687. The minimum atomic E-state index is -0.846. The molecule has 3 heterocycles. The number of halogens is 1. The number of thiazole rings is 1. The van der Waals surface area contributed by atoms with Gasteiger partial charge < -0.3 is 5.32 Å². The summed E-state index contributed by atoms with van der Waals surface area (Å²) in [7, 11) is 0. The van der Waals surface area contributed by atoms with Crippen molar-refractivity contribution in [1.82, 2.24) is 19.6 Å². The third-order valence-corrected chi connectivity index (χ3v) is 5.54. The Hall–Kier alpha value is -1.38. The van der Waals surface area contributed by atoms with Crippen LogP contribution in [0.2, 0.25) is 0 Å². The molecule has 8 heteroatoms. The molecule has 124 valence electrons. The maximum Gasteiger partial charge on any atom is 0.254 e. The quantitative estimate of drug-likeness (QED) is 0.897. The van der Waals surface area contributed by atoms with E-state index in [1.807, 2.05) is 19.2 Å². The van der Waals surface area contributed by atoms with Crippen LogP contribution in [0.15, 0.2) is 10.8 Å². The Balaban J connectivity index is 1.59. The van der Waals surface area contributed by atoms with Gasteiger partial charge in [-0.15, -0.1) is 11.3 Å². The average Bonchev–Trinajstić information content (AvgIpc) is 3.18. The smallest absolute Gasteiger partial charge is 0.254 e. The zero-order valence-corrected chi connectivity index (χ0v) is 14.7. The standard InChI is InChI=1S/C15H19FN4OS2/c1-9-14(8-23-19-9)15(21)17-4-13-3-11(16)5-20(13)6-12-7-22-10(2)18-12/h7-8,11,13H,3-6H2,1-2H3,(H,17,21)/t11-,13-/m0/s1. The van der Waals surface area contributed by atoms with Gasteiger partial charge in [0.25, 0.3) is 5.91 Å². The summed E-state index contributed by atoms with van der Waals surface area (Å²) in [6, 6.07) is 0.00265. The van der Waals surface area contributed by atoms with Crippen LogP contribution in [-0.2, 0) is 6.54 Å². The number of aryl methyl sites for hydroxylation is 2. The number of nitrogens with zero attached hydrogens (tertiary/aromatic N) is 3. The summed E-state index contributed by atoms with van der Waals surface area (Å²) in [5.41, 5.74) is 2.30. The van der Waals surface area contributed by atoms with Gasteiger partial charge in [-0.3, -0.25) is 9.69 Å². The van der Waals surface area contributed by atoms with Crippen LogP contribution in [0.1, 0.15) is 33.2 Å². The van der Waals surface area contributed by atoms with Crippen molar-refractivity contribution in [3.8, 4) is 0 Å². The van der Waals surface area contributed by atoms with E-state index in [0.29, 0.717) is 31.6 Å². The second-order valence-corrected chi connectivity index (χ2v) is 7.49. The lowest BCUT2D eigenvalue weighted by Gasteiger charge is -2.23. The molecule has 1 fully saturated rings. The van der Waals surface area contributed by atoms with Crippen LogP contribution < -0.4 is 5.32 Å². The van der Waals surface area contributed by atoms with E-state index in [4.69, 9.17) is 0 Å². The third-order valence-electron chi connectivity index (χ3n) is 4.00. The topological polar surface area (TPSA) is 58.1 Å². The number of rotatable bonds is 5. The number of hydrogen-bond donors (Lipinski definition) is 1. The summed E-state index contributed by atoms with van der Waals surface area (Å²) in [5, 5.41) is 7.68. The van der Waals surface area contributed by atoms with E-state index in [9.17, 15) is 9.18 Å². The second kappa shape index (κ2) is 7.02. The number of carbonyl (C=O) groups is 1. The van der Waals surface area contributed by atoms with Gasteiger partial charge in [-0.2, -0.15) is 4.37 Å². The fraction of sp³-hybridized carbons (Fsp3) is 0.533. The first-order valence-electron chi connectivity index (χ1n) is 7.51. The molecule has 0 bridgehead atoms. The zero-order chi connectivity index (χ0) is 16.4. The van der Waals surface area contributed by atoms with E-state index in [1.165, 1.54) is 11.5 Å². The van der Waals surface area contributed by atoms with Crippen molar-refractivity contribution >= 4 is 28.8 Å². The van der Waals surface area contributed by atoms with Crippen LogP contribution in [0.5, 0.6) is 0 Å². The number of hydrogen-bond acceptors (Lipinski definition) is 6. The molecule has 0 spiro atoms. The number of amides is 1. The van der Waals surface area contributed by atoms with Crippen LogP contribution in [0.3, 0.4) is 0 Å². The molecule has 0 aliphatic carbocycles. The van der Waals surface area contributed by atoms with Gasteiger partial charge in [-0.05, 0) is 31.8 Å². The van der Waals surface area contributed by atoms with Gasteiger partial charge in [-0.25, -0.2) is 9.37 Å². The molecule has 1 aliphatic heterocycles. The highest BCUT2D eigenvalue weighted by molar-refractivity contribution is 7.09. The Morgan fingerprint density at radius 2 is 2.30 bits per heavy atom. The molecular formula is C15H19FN4OS2. The third kappa shape index (κ3) is 3.94. The number of nitrogens with one attached hydrogen (secondary N) is 1. The fourth-order valence-corrected chi connectivity index (χ4v) is 4.13. The molecule has 2 aromatic rings. The monoisotopic (exact) mass is 354 g/mol. The van der Waals surface area contributed by atoms with Crippen molar-refractivity contribution in [2.45, 2.75) is 39.0 Å². The molecule has 0 saturated carbocycles. The molecule has 5 nitrogen and oxygen atoms in total. The summed E-state index contributed by atoms with van der Waals surface area (Å²) < 4.78 is 17.9. The van der Waals surface area contributed by atoms with Crippen molar-refractivity contribution in [3.05, 3.63) is 32.7 Å². The maximum absolute atomic E-state index is 13.8. The Kier molecular flexibility index (Phi) is 5.03. The van der Waals surface area contributed by atoms with Crippen molar-refractivity contribution in [2.75, 3.05) is 13.1 Å². The van der Waals surface area contributed by atoms with Gasteiger partial charge in [0, 0.05) is 36.4 Å². The van der Waals surface area contributed by atoms with Crippen LogP contribution in [0.25, 0.3) is 0 Å². The second-order valence-electron chi connectivity index (χ2n) is 5.80. The highest BCUT2D eigenvalue weighted by Gasteiger charge is 2.32. The number of alkyl halides is 1. The molecule has 2 aromatic heterocycles. The van der Waals surface area contributed by atoms with Gasteiger partial charge in [0.05, 0.1) is 22.0 Å². The average molecular weight is 354 g/mol. The molecule has 1 amide bonds. The summed E-state index contributed by atoms with van der Waals surface area (Å²) in [4.78, 5) is 18.7. The lowest BCUT2D eigenvalue weighted by atomic mass is 10.2. The van der Waals surface area contributed by atoms with E-state index in [0.717, 1.165) is 16.4 Å². The molecule has 1 saturated heterocycles. The van der Waals surface area contributed by atoms with Gasteiger partial charge in [0.1, 0.15) is 6.17 Å². The molecule has 2 atom stereocenters. The van der Waals surface area contributed by atoms with Gasteiger partial charge in [-0.1, -0.05) is 0 Å². The maximum atomic E-state index is 13.8. The molecule has 0 aromatic carbocycles. The molecule has 0 radical (unpaired) electrons. The van der Waals surface area contributed by atoms with E-state index in [1.54, 1.807) is 16.7 Å². The summed E-state index contributed by atoms with van der Waals surface area (Å²) in [6.07, 6.45) is -0.397. The van der Waals surface area contributed by atoms with Crippen LogP contribution in [-0.4, -0.2) is 45.5 Å². The van der Waals surface area contributed by atoms with Crippen LogP contribution in [0, 0.1) is 13.8 Å². The predicted molar refractivity (Wildman–Crippen MR) is 89.7 cm³/mol. The predicted octanol–water partition coefficient (Wildman–Crippen LogP) is 2.56. The van der Waals surface area contributed by atoms with E-state index < -0.39 is 6.17 Å². The normalized spacial score (nSPS) is 21.7. The number of carbonyl (C=O) groups excluding carboxylic acids is 1. The zero-order valence-electron chi connectivity index (χ0n) is 13.1. The van der Waals surface area contributed by atoms with Gasteiger partial charge in [0.15, 0.2) is 0 Å². The molecule has 1 aliphatic rings. The van der Waals surface area contributed by atoms with E-state index >= 15 is 0 Å². The fourth-order valence-electron chi connectivity index (χ4n) is 2.83. The van der Waals surface area contributed by atoms with Gasteiger partial charge >= 0.3 is 0 Å². The van der Waals surface area contributed by atoms with Crippen molar-refractivity contribution < 1.29 is 9.18 Å². The van der Waals surface area contributed by atoms with Crippen molar-refractivity contribution in [1.29, 1.82) is 0 Å². The molecule has 1 N–H and O–H groups in total. The Labute approximate surface area is 142 Å². The first-order valence-corrected chi connectivity index (χ1v) is 9.23. The molecule has 23 heavy (non-hydrogen) atoms. The first kappa shape index (κ1) is 16.5. The SMILES string of the molecule is Cc1nc(CN2C[C@@H](F)C[C@H]2CNC(=O)c2csnc2C)cs1. The highest BCUT2D eigenvalue weighted by atomic mass is 32.1. The lowest BCUT2D eigenvalue weighted by molar-refractivity contribution is 0.0939. The summed E-state index contributed by atoms with van der Waals surface area (Å²) in [6.45, 7) is 5.25. The van der Waals surface area contributed by atoms with Crippen molar-refractivity contribution in [2.24, 2.45) is 0 Å².